The maximum Gasteiger partial charge on any atom is 0.329 e. The number of rotatable bonds is 4. The molecule has 3 aromatic rings. The number of urea groups is 2. The van der Waals surface area contributed by atoms with Crippen LogP contribution in [0.15, 0.2) is 36.7 Å². The van der Waals surface area contributed by atoms with E-state index in [1.165, 1.54) is 15.9 Å². The molecular weight excluding hydrogens is 485 g/mol. The summed E-state index contributed by atoms with van der Waals surface area (Å²) in [6.45, 7) is 8.25. The van der Waals surface area contributed by atoms with E-state index in [4.69, 9.17) is 11.6 Å². The van der Waals surface area contributed by atoms with Gasteiger partial charge in [0.1, 0.15) is 11.6 Å². The van der Waals surface area contributed by atoms with Gasteiger partial charge in [0, 0.05) is 49.4 Å². The van der Waals surface area contributed by atoms with Crippen LogP contribution < -0.4 is 25.8 Å². The van der Waals surface area contributed by atoms with Gasteiger partial charge >= 0.3 is 12.1 Å². The van der Waals surface area contributed by atoms with E-state index in [9.17, 15) is 14.0 Å². The number of fused-ring (bicyclic) bond motifs is 1. The molecule has 0 atom stereocenters. The zero-order valence-electron chi connectivity index (χ0n) is 21.0. The van der Waals surface area contributed by atoms with Crippen LogP contribution in [0.2, 0.25) is 5.02 Å². The summed E-state index contributed by atoms with van der Waals surface area (Å²) >= 11 is 6.35. The summed E-state index contributed by atoms with van der Waals surface area (Å²) in [5, 5.41) is 8.29. The van der Waals surface area contributed by atoms with Crippen molar-refractivity contribution in [2.45, 2.75) is 39.8 Å². The summed E-state index contributed by atoms with van der Waals surface area (Å²) < 4.78 is 16.8. The second-order valence-electron chi connectivity index (χ2n) is 9.59. The highest BCUT2D eigenvalue weighted by atomic mass is 35.5. The van der Waals surface area contributed by atoms with E-state index in [0.717, 1.165) is 17.3 Å². The SMILES string of the molecule is CNc1cc2c(cn1)CN(c1cc(NC(=O)Nc3ccn(C(C)(C)C)c3C)c(F)cc1Cl)C(=O)N2C. The summed E-state index contributed by atoms with van der Waals surface area (Å²) in [6, 6.07) is 5.04. The van der Waals surface area contributed by atoms with Crippen LogP contribution in [0.5, 0.6) is 0 Å². The molecule has 0 spiro atoms. The number of anilines is 5. The summed E-state index contributed by atoms with van der Waals surface area (Å²) in [4.78, 5) is 33.1. The molecule has 0 unspecified atom stereocenters. The molecule has 0 radical (unpaired) electrons. The van der Waals surface area contributed by atoms with Crippen LogP contribution in [0.25, 0.3) is 0 Å². The monoisotopic (exact) mass is 513 g/mol. The van der Waals surface area contributed by atoms with E-state index in [1.54, 1.807) is 32.4 Å². The molecule has 1 aliphatic rings. The molecule has 0 saturated carbocycles. The Morgan fingerprint density at radius 3 is 2.47 bits per heavy atom. The van der Waals surface area contributed by atoms with Crippen molar-refractivity contribution in [2.75, 3.05) is 39.8 Å². The van der Waals surface area contributed by atoms with E-state index in [-0.39, 0.29) is 34.5 Å². The van der Waals surface area contributed by atoms with E-state index in [1.807, 2.05) is 17.7 Å². The van der Waals surface area contributed by atoms with Crippen molar-refractivity contribution in [1.82, 2.24) is 9.55 Å². The number of hydrogen-bond donors (Lipinski definition) is 3. The Hall–Kier alpha value is -3.79. The van der Waals surface area contributed by atoms with Crippen molar-refractivity contribution >= 4 is 52.2 Å². The van der Waals surface area contributed by atoms with Crippen LogP contribution in [0.1, 0.15) is 32.0 Å². The first-order valence-electron chi connectivity index (χ1n) is 11.4. The molecule has 9 nitrogen and oxygen atoms in total. The Balaban J connectivity index is 1.59. The summed E-state index contributed by atoms with van der Waals surface area (Å²) in [7, 11) is 3.39. The Kier molecular flexibility index (Phi) is 6.57. The van der Waals surface area contributed by atoms with Crippen LogP contribution in [0, 0.1) is 12.7 Å². The molecule has 0 aliphatic carbocycles. The van der Waals surface area contributed by atoms with Crippen LogP contribution in [0.3, 0.4) is 0 Å². The number of carbonyl (C=O) groups excluding carboxylic acids is 2. The van der Waals surface area contributed by atoms with Gasteiger partial charge in [0.25, 0.3) is 0 Å². The topological polar surface area (TPSA) is 94.5 Å². The van der Waals surface area contributed by atoms with Crippen LogP contribution in [-0.4, -0.2) is 35.7 Å². The molecule has 4 amide bonds. The number of amides is 4. The molecule has 11 heteroatoms. The van der Waals surface area contributed by atoms with Crippen molar-refractivity contribution in [1.29, 1.82) is 0 Å². The Bertz CT molecular complexity index is 1350. The predicted octanol–water partition coefficient (Wildman–Crippen LogP) is 6.00. The Labute approximate surface area is 214 Å². The van der Waals surface area contributed by atoms with Gasteiger partial charge in [-0.1, -0.05) is 11.6 Å². The van der Waals surface area contributed by atoms with E-state index in [0.29, 0.717) is 17.2 Å². The first kappa shape index (κ1) is 25.3. The number of nitrogens with zero attached hydrogens (tertiary/aromatic N) is 4. The fourth-order valence-electron chi connectivity index (χ4n) is 4.24. The van der Waals surface area contributed by atoms with Crippen LogP contribution >= 0.6 is 11.6 Å². The maximum atomic E-state index is 14.8. The van der Waals surface area contributed by atoms with E-state index >= 15 is 0 Å². The molecule has 36 heavy (non-hydrogen) atoms. The minimum atomic E-state index is -0.721. The number of pyridine rings is 1. The van der Waals surface area contributed by atoms with Gasteiger partial charge in [0.15, 0.2) is 0 Å². The van der Waals surface area contributed by atoms with Gasteiger partial charge in [0.05, 0.1) is 34.3 Å². The quantitative estimate of drug-likeness (QED) is 0.398. The lowest BCUT2D eigenvalue weighted by Gasteiger charge is -2.35. The van der Waals surface area contributed by atoms with Gasteiger partial charge in [-0.05, 0) is 45.9 Å². The van der Waals surface area contributed by atoms with E-state index in [2.05, 4.69) is 41.7 Å². The first-order valence-corrected chi connectivity index (χ1v) is 11.8. The molecule has 1 aliphatic heterocycles. The maximum absolute atomic E-state index is 14.8. The molecule has 3 heterocycles. The molecule has 1 aromatic carbocycles. The molecule has 4 rings (SSSR count). The lowest BCUT2D eigenvalue weighted by atomic mass is 10.1. The minimum absolute atomic E-state index is 0.0431. The van der Waals surface area contributed by atoms with Gasteiger partial charge in [0.2, 0.25) is 0 Å². The molecule has 0 fully saturated rings. The van der Waals surface area contributed by atoms with Gasteiger partial charge in [-0.2, -0.15) is 0 Å². The smallest absolute Gasteiger partial charge is 0.329 e. The number of benzene rings is 1. The third-order valence-electron chi connectivity index (χ3n) is 6.11. The van der Waals surface area contributed by atoms with Crippen LogP contribution in [-0.2, 0) is 12.1 Å². The standard InChI is InChI=1S/C25H29ClFN7O2/c1-14-18(7-8-34(14)25(2,3)4)30-23(35)31-19-10-21(16(26)9-17(19)27)33-13-15-12-29-22(28-5)11-20(15)32(6)24(33)36/h7-12H,13H2,1-6H3,(H,28,29)(H2,30,31,35). The predicted molar refractivity (Wildman–Crippen MR) is 142 cm³/mol. The average molecular weight is 514 g/mol. The van der Waals surface area contributed by atoms with Gasteiger partial charge in [-0.3, -0.25) is 9.80 Å². The number of aromatic nitrogens is 2. The largest absolute Gasteiger partial charge is 0.373 e. The van der Waals surface area contributed by atoms with Crippen molar-refractivity contribution in [3.8, 4) is 0 Å². The lowest BCUT2D eigenvalue weighted by molar-refractivity contribution is 0.251. The van der Waals surface area contributed by atoms with Crippen LogP contribution in [0.4, 0.5) is 42.5 Å². The fourth-order valence-corrected chi connectivity index (χ4v) is 4.49. The second kappa shape index (κ2) is 9.34. The van der Waals surface area contributed by atoms with Gasteiger partial charge < -0.3 is 20.5 Å². The summed E-state index contributed by atoms with van der Waals surface area (Å²) in [5.41, 5.74) is 2.98. The van der Waals surface area contributed by atoms with Crippen molar-refractivity contribution in [3.05, 3.63) is 58.8 Å². The normalized spacial score (nSPS) is 13.5. The molecule has 3 N–H and O–H groups in total. The fraction of sp³-hybridized carbons (Fsp3) is 0.320. The second-order valence-corrected chi connectivity index (χ2v) is 10.0. The molecule has 0 saturated heterocycles. The van der Waals surface area contributed by atoms with Crippen molar-refractivity contribution < 1.29 is 14.0 Å². The van der Waals surface area contributed by atoms with E-state index < -0.39 is 11.8 Å². The molecule has 0 bridgehead atoms. The van der Waals surface area contributed by atoms with Crippen molar-refractivity contribution in [3.63, 3.8) is 0 Å². The van der Waals surface area contributed by atoms with Crippen molar-refractivity contribution in [2.24, 2.45) is 0 Å². The number of hydrogen-bond acceptors (Lipinski definition) is 4. The first-order chi connectivity index (χ1) is 16.9. The highest BCUT2D eigenvalue weighted by Gasteiger charge is 2.31. The summed E-state index contributed by atoms with van der Waals surface area (Å²) in [5.74, 6) is -0.0892. The Morgan fingerprint density at radius 1 is 1.14 bits per heavy atom. The molecule has 190 valence electrons. The number of carbonyl (C=O) groups is 2. The Morgan fingerprint density at radius 2 is 1.83 bits per heavy atom. The highest BCUT2D eigenvalue weighted by molar-refractivity contribution is 6.34. The minimum Gasteiger partial charge on any atom is -0.373 e. The zero-order valence-corrected chi connectivity index (χ0v) is 21.8. The molecule has 2 aromatic heterocycles. The average Bonchev–Trinajstić information content (AvgIpc) is 3.18. The highest BCUT2D eigenvalue weighted by Crippen LogP contribution is 2.37. The zero-order chi connectivity index (χ0) is 26.4. The number of nitrogens with one attached hydrogen (secondary N) is 3. The third kappa shape index (κ3) is 4.68. The molecular formula is C25H29ClFN7O2. The van der Waals surface area contributed by atoms with Gasteiger partial charge in [-0.15, -0.1) is 0 Å². The van der Waals surface area contributed by atoms with Gasteiger partial charge in [-0.25, -0.2) is 19.0 Å². The third-order valence-corrected chi connectivity index (χ3v) is 6.42. The number of halogens is 2. The summed E-state index contributed by atoms with van der Waals surface area (Å²) in [6.07, 6.45) is 3.56. The lowest BCUT2D eigenvalue weighted by Crippen LogP contribution is -2.45.